The summed E-state index contributed by atoms with van der Waals surface area (Å²) in [6, 6.07) is 6.72. The number of para-hydroxylation sites is 2. The van der Waals surface area contributed by atoms with E-state index in [0.717, 1.165) is 4.31 Å². The number of nitrogen functional groups attached to an aromatic ring is 1. The summed E-state index contributed by atoms with van der Waals surface area (Å²) < 4.78 is 27.5. The molecule has 7 heteroatoms. The van der Waals surface area contributed by atoms with Crippen LogP contribution in [0.2, 0.25) is 0 Å². The molecule has 0 saturated carbocycles. The first kappa shape index (κ1) is 15.7. The molecule has 0 atom stereocenters. The fraction of sp³-hybridized carbons (Fsp3) is 0.500. The third-order valence-corrected chi connectivity index (χ3v) is 4.92. The lowest BCUT2D eigenvalue weighted by Gasteiger charge is -2.30. The highest BCUT2D eigenvalue weighted by Gasteiger charge is 2.28. The van der Waals surface area contributed by atoms with Crippen molar-refractivity contribution in [2.24, 2.45) is 0 Å². The average molecular weight is 287 g/mol. The van der Waals surface area contributed by atoms with Crippen molar-refractivity contribution in [2.75, 3.05) is 36.3 Å². The molecular formula is C12H21N3O3S. The predicted molar refractivity (Wildman–Crippen MR) is 77.1 cm³/mol. The number of anilines is 2. The molecule has 0 unspecified atom stereocenters. The van der Waals surface area contributed by atoms with E-state index in [-0.39, 0.29) is 13.2 Å². The Hall–Kier alpha value is -1.31. The van der Waals surface area contributed by atoms with Crippen LogP contribution in [0.5, 0.6) is 0 Å². The second kappa shape index (κ2) is 6.74. The zero-order chi connectivity index (χ0) is 14.5. The van der Waals surface area contributed by atoms with Crippen molar-refractivity contribution in [3.05, 3.63) is 24.3 Å². The fourth-order valence-electron chi connectivity index (χ4n) is 1.85. The zero-order valence-electron chi connectivity index (χ0n) is 11.3. The van der Waals surface area contributed by atoms with Gasteiger partial charge in [-0.15, -0.1) is 0 Å². The van der Waals surface area contributed by atoms with Crippen LogP contribution in [0.1, 0.15) is 13.8 Å². The van der Waals surface area contributed by atoms with Crippen LogP contribution in [0.3, 0.4) is 0 Å². The molecular weight excluding hydrogens is 266 g/mol. The molecule has 0 amide bonds. The van der Waals surface area contributed by atoms with Gasteiger partial charge in [0.15, 0.2) is 0 Å². The van der Waals surface area contributed by atoms with E-state index in [0.29, 0.717) is 24.5 Å². The SMILES string of the molecule is CCN(CC)S(=O)(=O)N(CCO)c1ccccc1N. The standard InChI is InChI=1S/C12H21N3O3S/c1-3-14(4-2)19(17,18)15(9-10-16)12-8-6-5-7-11(12)13/h5-8,16H,3-4,9-10,13H2,1-2H3. The Balaban J connectivity index is 3.25. The van der Waals surface area contributed by atoms with Crippen molar-refractivity contribution < 1.29 is 13.5 Å². The van der Waals surface area contributed by atoms with Crippen molar-refractivity contribution in [3.63, 3.8) is 0 Å². The first-order chi connectivity index (χ1) is 8.98. The van der Waals surface area contributed by atoms with Crippen LogP contribution in [0.4, 0.5) is 11.4 Å². The molecule has 0 bridgehead atoms. The molecule has 1 aromatic rings. The molecule has 0 aromatic heterocycles. The van der Waals surface area contributed by atoms with Gasteiger partial charge in [0.05, 0.1) is 24.5 Å². The Bertz CT molecular complexity index is 501. The Kier molecular flexibility index (Phi) is 5.59. The first-order valence-electron chi connectivity index (χ1n) is 6.22. The van der Waals surface area contributed by atoms with Crippen LogP contribution in [0.25, 0.3) is 0 Å². The number of benzene rings is 1. The summed E-state index contributed by atoms with van der Waals surface area (Å²) in [7, 11) is -3.67. The highest BCUT2D eigenvalue weighted by atomic mass is 32.2. The minimum Gasteiger partial charge on any atom is -0.397 e. The molecule has 0 heterocycles. The smallest absolute Gasteiger partial charge is 0.304 e. The number of rotatable bonds is 7. The van der Waals surface area contributed by atoms with E-state index in [1.807, 2.05) is 0 Å². The van der Waals surface area contributed by atoms with Crippen molar-refractivity contribution in [3.8, 4) is 0 Å². The lowest BCUT2D eigenvalue weighted by Crippen LogP contribution is -2.45. The minimum atomic E-state index is -3.67. The van der Waals surface area contributed by atoms with Gasteiger partial charge in [0.1, 0.15) is 0 Å². The largest absolute Gasteiger partial charge is 0.397 e. The van der Waals surface area contributed by atoms with Gasteiger partial charge < -0.3 is 10.8 Å². The van der Waals surface area contributed by atoms with Gasteiger partial charge in [-0.2, -0.15) is 12.7 Å². The summed E-state index contributed by atoms with van der Waals surface area (Å²) in [6.07, 6.45) is 0. The molecule has 0 saturated heterocycles. The Morgan fingerprint density at radius 2 is 1.79 bits per heavy atom. The van der Waals surface area contributed by atoms with Crippen LogP contribution in [0, 0.1) is 0 Å². The maximum Gasteiger partial charge on any atom is 0.304 e. The lowest BCUT2D eigenvalue weighted by molar-refractivity contribution is 0.305. The average Bonchev–Trinajstić information content (AvgIpc) is 2.38. The van der Waals surface area contributed by atoms with E-state index in [4.69, 9.17) is 10.8 Å². The molecule has 0 fully saturated rings. The van der Waals surface area contributed by atoms with Crippen LogP contribution in [0.15, 0.2) is 24.3 Å². The summed E-state index contributed by atoms with van der Waals surface area (Å²) >= 11 is 0. The Morgan fingerprint density at radius 3 is 2.26 bits per heavy atom. The molecule has 1 rings (SSSR count). The van der Waals surface area contributed by atoms with Crippen molar-refractivity contribution in [1.82, 2.24) is 4.31 Å². The monoisotopic (exact) mass is 287 g/mol. The first-order valence-corrected chi connectivity index (χ1v) is 7.61. The predicted octanol–water partition coefficient (Wildman–Crippen LogP) is 0.654. The molecule has 108 valence electrons. The third kappa shape index (κ3) is 3.37. The fourth-order valence-corrected chi connectivity index (χ4v) is 3.51. The van der Waals surface area contributed by atoms with Gasteiger partial charge in [0.25, 0.3) is 0 Å². The van der Waals surface area contributed by atoms with E-state index in [9.17, 15) is 8.42 Å². The highest BCUT2D eigenvalue weighted by Crippen LogP contribution is 2.26. The lowest BCUT2D eigenvalue weighted by atomic mass is 10.3. The van der Waals surface area contributed by atoms with E-state index in [2.05, 4.69) is 0 Å². The maximum absolute atomic E-state index is 12.5. The molecule has 0 aliphatic carbocycles. The summed E-state index contributed by atoms with van der Waals surface area (Å²) in [5, 5.41) is 9.11. The van der Waals surface area contributed by atoms with E-state index in [1.54, 1.807) is 38.1 Å². The number of nitrogens with zero attached hydrogens (tertiary/aromatic N) is 2. The molecule has 1 aromatic carbocycles. The number of hydrogen-bond acceptors (Lipinski definition) is 4. The molecule has 0 radical (unpaired) electrons. The molecule has 19 heavy (non-hydrogen) atoms. The van der Waals surface area contributed by atoms with Crippen LogP contribution in [-0.4, -0.2) is 44.1 Å². The summed E-state index contributed by atoms with van der Waals surface area (Å²) in [4.78, 5) is 0. The Morgan fingerprint density at radius 1 is 1.21 bits per heavy atom. The minimum absolute atomic E-state index is 0.0208. The van der Waals surface area contributed by atoms with E-state index >= 15 is 0 Å². The molecule has 0 spiro atoms. The number of aliphatic hydroxyl groups is 1. The summed E-state index contributed by atoms with van der Waals surface area (Å²) in [5.74, 6) is 0. The van der Waals surface area contributed by atoms with Crippen molar-refractivity contribution in [1.29, 1.82) is 0 Å². The topological polar surface area (TPSA) is 86.9 Å². The van der Waals surface area contributed by atoms with Gasteiger partial charge in [0.2, 0.25) is 0 Å². The molecule has 0 aliphatic heterocycles. The zero-order valence-corrected chi connectivity index (χ0v) is 12.1. The second-order valence-electron chi connectivity index (χ2n) is 3.95. The number of aliphatic hydroxyl groups excluding tert-OH is 1. The van der Waals surface area contributed by atoms with Gasteiger partial charge in [-0.1, -0.05) is 26.0 Å². The second-order valence-corrected chi connectivity index (χ2v) is 5.80. The Labute approximate surface area is 114 Å². The van der Waals surface area contributed by atoms with Gasteiger partial charge in [-0.05, 0) is 12.1 Å². The third-order valence-electron chi connectivity index (χ3n) is 2.82. The van der Waals surface area contributed by atoms with Crippen LogP contribution >= 0.6 is 0 Å². The van der Waals surface area contributed by atoms with Crippen molar-refractivity contribution in [2.45, 2.75) is 13.8 Å². The molecule has 6 nitrogen and oxygen atoms in total. The quantitative estimate of drug-likeness (QED) is 0.721. The summed E-state index contributed by atoms with van der Waals surface area (Å²) in [6.45, 7) is 3.99. The van der Waals surface area contributed by atoms with Crippen molar-refractivity contribution >= 4 is 21.6 Å². The van der Waals surface area contributed by atoms with Crippen LogP contribution in [-0.2, 0) is 10.2 Å². The van der Waals surface area contributed by atoms with Gasteiger partial charge in [-0.25, -0.2) is 0 Å². The molecule has 3 N–H and O–H groups in total. The van der Waals surface area contributed by atoms with Crippen LogP contribution < -0.4 is 10.0 Å². The van der Waals surface area contributed by atoms with Gasteiger partial charge in [-0.3, -0.25) is 4.31 Å². The number of hydrogen-bond donors (Lipinski definition) is 2. The highest BCUT2D eigenvalue weighted by molar-refractivity contribution is 7.90. The van der Waals surface area contributed by atoms with E-state index in [1.165, 1.54) is 4.31 Å². The van der Waals surface area contributed by atoms with Gasteiger partial charge in [0, 0.05) is 13.1 Å². The maximum atomic E-state index is 12.5. The normalized spacial score (nSPS) is 11.8. The number of nitrogens with two attached hydrogens (primary N) is 1. The van der Waals surface area contributed by atoms with E-state index < -0.39 is 10.2 Å². The molecule has 0 aliphatic rings. The summed E-state index contributed by atoms with van der Waals surface area (Å²) in [5.41, 5.74) is 6.58. The van der Waals surface area contributed by atoms with Gasteiger partial charge >= 0.3 is 10.2 Å².